The Morgan fingerprint density at radius 1 is 1.25 bits per heavy atom. The van der Waals surface area contributed by atoms with Gasteiger partial charge in [-0.1, -0.05) is 6.07 Å². The molecular weight excluding hydrogens is 254 g/mol. The monoisotopic (exact) mass is 265 g/mol. The van der Waals surface area contributed by atoms with Crippen LogP contribution in [0, 0.1) is 0 Å². The molecule has 0 atom stereocenters. The van der Waals surface area contributed by atoms with E-state index in [4.69, 9.17) is 4.74 Å². The van der Waals surface area contributed by atoms with Crippen LogP contribution in [-0.4, -0.2) is 21.9 Å². The first kappa shape index (κ1) is 11.0. The van der Waals surface area contributed by atoms with E-state index < -0.39 is 0 Å². The fraction of sp³-hybridized carbons (Fsp3) is 0.0667. The van der Waals surface area contributed by atoms with E-state index in [0.29, 0.717) is 11.4 Å². The minimum atomic E-state index is -0.136. The highest BCUT2D eigenvalue weighted by Crippen LogP contribution is 2.32. The molecule has 98 valence electrons. The van der Waals surface area contributed by atoms with Gasteiger partial charge < -0.3 is 10.1 Å². The molecule has 1 aliphatic rings. The van der Waals surface area contributed by atoms with Crippen molar-refractivity contribution in [2.24, 2.45) is 0 Å². The SMILES string of the molecule is O=C1COc2ccc(-c3ncc4ccccn34)cc2N1. The highest BCUT2D eigenvalue weighted by atomic mass is 16.5. The fourth-order valence-corrected chi connectivity index (χ4v) is 2.38. The molecule has 0 bridgehead atoms. The number of anilines is 1. The number of amides is 1. The van der Waals surface area contributed by atoms with E-state index in [1.165, 1.54) is 0 Å². The molecule has 1 aromatic carbocycles. The van der Waals surface area contributed by atoms with Gasteiger partial charge in [0, 0.05) is 11.8 Å². The Bertz CT molecular complexity index is 823. The van der Waals surface area contributed by atoms with Crippen LogP contribution in [0.25, 0.3) is 16.9 Å². The van der Waals surface area contributed by atoms with Crippen LogP contribution in [0.2, 0.25) is 0 Å². The van der Waals surface area contributed by atoms with Gasteiger partial charge in [0.2, 0.25) is 0 Å². The summed E-state index contributed by atoms with van der Waals surface area (Å²) in [7, 11) is 0. The van der Waals surface area contributed by atoms with Crippen LogP contribution in [0.15, 0.2) is 48.8 Å². The van der Waals surface area contributed by atoms with Crippen molar-refractivity contribution in [1.29, 1.82) is 0 Å². The summed E-state index contributed by atoms with van der Waals surface area (Å²) >= 11 is 0. The summed E-state index contributed by atoms with van der Waals surface area (Å²) in [5.41, 5.74) is 2.65. The number of carbonyl (C=O) groups is 1. The molecule has 0 spiro atoms. The van der Waals surface area contributed by atoms with E-state index in [9.17, 15) is 4.79 Å². The summed E-state index contributed by atoms with van der Waals surface area (Å²) in [5, 5.41) is 2.81. The average Bonchev–Trinajstić information content (AvgIpc) is 2.90. The molecule has 2 aromatic heterocycles. The Morgan fingerprint density at radius 2 is 2.20 bits per heavy atom. The second-order valence-electron chi connectivity index (χ2n) is 4.63. The van der Waals surface area contributed by atoms with Crippen molar-refractivity contribution in [3.05, 3.63) is 48.8 Å². The number of benzene rings is 1. The number of rotatable bonds is 1. The lowest BCUT2D eigenvalue weighted by Gasteiger charge is -2.18. The average molecular weight is 265 g/mol. The third kappa shape index (κ3) is 1.64. The summed E-state index contributed by atoms with van der Waals surface area (Å²) in [6, 6.07) is 11.6. The summed E-state index contributed by atoms with van der Waals surface area (Å²) in [4.78, 5) is 15.8. The highest BCUT2D eigenvalue weighted by molar-refractivity contribution is 5.96. The molecule has 5 heteroatoms. The number of aromatic nitrogens is 2. The second kappa shape index (κ2) is 4.09. The second-order valence-corrected chi connectivity index (χ2v) is 4.63. The fourth-order valence-electron chi connectivity index (χ4n) is 2.38. The molecule has 5 nitrogen and oxygen atoms in total. The smallest absolute Gasteiger partial charge is 0.262 e. The van der Waals surface area contributed by atoms with Crippen molar-refractivity contribution in [1.82, 2.24) is 9.38 Å². The maximum Gasteiger partial charge on any atom is 0.262 e. The third-order valence-electron chi connectivity index (χ3n) is 3.31. The Morgan fingerprint density at radius 3 is 3.15 bits per heavy atom. The molecule has 0 saturated heterocycles. The zero-order valence-corrected chi connectivity index (χ0v) is 10.5. The largest absolute Gasteiger partial charge is 0.482 e. The Hall–Kier alpha value is -2.82. The molecule has 3 aromatic rings. The number of hydrogen-bond donors (Lipinski definition) is 1. The number of imidazole rings is 1. The van der Waals surface area contributed by atoms with E-state index >= 15 is 0 Å². The molecule has 1 aliphatic heterocycles. The summed E-state index contributed by atoms with van der Waals surface area (Å²) in [6.45, 7) is 0.0681. The number of fused-ring (bicyclic) bond motifs is 2. The van der Waals surface area contributed by atoms with Gasteiger partial charge in [0.05, 0.1) is 17.4 Å². The van der Waals surface area contributed by atoms with Crippen molar-refractivity contribution in [3.63, 3.8) is 0 Å². The van der Waals surface area contributed by atoms with E-state index in [1.54, 1.807) is 0 Å². The van der Waals surface area contributed by atoms with Crippen LogP contribution in [0.5, 0.6) is 5.75 Å². The van der Waals surface area contributed by atoms with Crippen molar-refractivity contribution in [3.8, 4) is 17.1 Å². The molecule has 0 unspecified atom stereocenters. The number of nitrogens with one attached hydrogen (secondary N) is 1. The number of nitrogens with zero attached hydrogens (tertiary/aromatic N) is 2. The van der Waals surface area contributed by atoms with Gasteiger partial charge in [-0.15, -0.1) is 0 Å². The molecule has 0 fully saturated rings. The Labute approximate surface area is 114 Å². The number of ether oxygens (including phenoxy) is 1. The summed E-state index contributed by atoms with van der Waals surface area (Å²) in [6.07, 6.45) is 3.79. The number of pyridine rings is 1. The van der Waals surface area contributed by atoms with Crippen LogP contribution in [0.3, 0.4) is 0 Å². The molecule has 3 heterocycles. The summed E-state index contributed by atoms with van der Waals surface area (Å²) < 4.78 is 7.36. The van der Waals surface area contributed by atoms with Gasteiger partial charge in [0.25, 0.3) is 5.91 Å². The molecular formula is C15H11N3O2. The first-order valence-electron chi connectivity index (χ1n) is 6.30. The Balaban J connectivity index is 1.86. The quantitative estimate of drug-likeness (QED) is 0.734. The van der Waals surface area contributed by atoms with Gasteiger partial charge in [-0.25, -0.2) is 4.98 Å². The van der Waals surface area contributed by atoms with Crippen molar-refractivity contribution >= 4 is 17.1 Å². The predicted octanol–water partition coefficient (Wildman–Crippen LogP) is 2.33. The normalized spacial score (nSPS) is 13.7. The van der Waals surface area contributed by atoms with Crippen LogP contribution in [-0.2, 0) is 4.79 Å². The van der Waals surface area contributed by atoms with Crippen molar-refractivity contribution in [2.45, 2.75) is 0 Å². The first-order valence-corrected chi connectivity index (χ1v) is 6.30. The number of hydrogen-bond acceptors (Lipinski definition) is 3. The summed E-state index contributed by atoms with van der Waals surface area (Å²) in [5.74, 6) is 1.39. The predicted molar refractivity (Wildman–Crippen MR) is 74.8 cm³/mol. The van der Waals surface area contributed by atoms with Crippen molar-refractivity contribution < 1.29 is 9.53 Å². The highest BCUT2D eigenvalue weighted by Gasteiger charge is 2.17. The standard InChI is InChI=1S/C15H11N3O2/c19-14-9-20-13-5-4-10(7-12(13)17-14)15-16-8-11-3-1-2-6-18(11)15/h1-8H,9H2,(H,17,19). The lowest BCUT2D eigenvalue weighted by Crippen LogP contribution is -2.25. The molecule has 1 amide bonds. The molecule has 0 radical (unpaired) electrons. The van der Waals surface area contributed by atoms with Crippen LogP contribution in [0.1, 0.15) is 0 Å². The first-order chi connectivity index (χ1) is 9.81. The molecule has 0 saturated carbocycles. The Kier molecular flexibility index (Phi) is 2.26. The number of carbonyl (C=O) groups excluding carboxylic acids is 1. The van der Waals surface area contributed by atoms with Gasteiger partial charge in [-0.05, 0) is 30.3 Å². The third-order valence-corrected chi connectivity index (χ3v) is 3.31. The van der Waals surface area contributed by atoms with Crippen LogP contribution in [0.4, 0.5) is 5.69 Å². The van der Waals surface area contributed by atoms with Gasteiger partial charge >= 0.3 is 0 Å². The van der Waals surface area contributed by atoms with E-state index in [1.807, 2.05) is 53.2 Å². The van der Waals surface area contributed by atoms with Gasteiger partial charge in [-0.2, -0.15) is 0 Å². The van der Waals surface area contributed by atoms with Gasteiger partial charge in [-0.3, -0.25) is 9.20 Å². The van der Waals surface area contributed by atoms with E-state index in [2.05, 4.69) is 10.3 Å². The zero-order valence-electron chi connectivity index (χ0n) is 10.5. The maximum absolute atomic E-state index is 11.4. The molecule has 0 aliphatic carbocycles. The van der Waals surface area contributed by atoms with E-state index in [0.717, 1.165) is 16.9 Å². The lowest BCUT2D eigenvalue weighted by atomic mass is 10.1. The van der Waals surface area contributed by atoms with Crippen molar-refractivity contribution in [2.75, 3.05) is 11.9 Å². The van der Waals surface area contributed by atoms with Gasteiger partial charge in [0.1, 0.15) is 11.6 Å². The van der Waals surface area contributed by atoms with Crippen LogP contribution < -0.4 is 10.1 Å². The topological polar surface area (TPSA) is 55.6 Å². The maximum atomic E-state index is 11.4. The zero-order chi connectivity index (χ0) is 13.5. The minimum absolute atomic E-state index is 0.0681. The van der Waals surface area contributed by atoms with E-state index in [-0.39, 0.29) is 12.5 Å². The molecule has 4 rings (SSSR count). The van der Waals surface area contributed by atoms with Crippen LogP contribution >= 0.6 is 0 Å². The minimum Gasteiger partial charge on any atom is -0.482 e. The van der Waals surface area contributed by atoms with Gasteiger partial charge in [0.15, 0.2) is 6.61 Å². The molecule has 1 N–H and O–H groups in total. The molecule has 20 heavy (non-hydrogen) atoms. The lowest BCUT2D eigenvalue weighted by molar-refractivity contribution is -0.118.